The number of hydrogen-bond donors (Lipinski definition) is 1. The lowest BCUT2D eigenvalue weighted by Gasteiger charge is -2.20. The molecule has 80 valence electrons. The Morgan fingerprint density at radius 2 is 2.36 bits per heavy atom. The van der Waals surface area contributed by atoms with Gasteiger partial charge in [-0.1, -0.05) is 0 Å². The smallest absolute Gasteiger partial charge is 0.373 e. The zero-order valence-electron chi connectivity index (χ0n) is 7.94. The molecular formula is C8H13O5S+. The van der Waals surface area contributed by atoms with Crippen LogP contribution in [0.5, 0.6) is 0 Å². The van der Waals surface area contributed by atoms with E-state index in [9.17, 15) is 9.35 Å². The van der Waals surface area contributed by atoms with E-state index in [4.69, 9.17) is 8.97 Å². The molecule has 0 spiro atoms. The SMILES string of the molecule is COC(=O)c1ccc(CS(C)(O)[OH2+])o1. The quantitative estimate of drug-likeness (QED) is 0.612. The van der Waals surface area contributed by atoms with E-state index in [1.807, 2.05) is 0 Å². The summed E-state index contributed by atoms with van der Waals surface area (Å²) in [6, 6.07) is 3.02. The number of carbonyl (C=O) groups excluding carboxylic acids is 1. The van der Waals surface area contributed by atoms with Crippen LogP contribution in [0.25, 0.3) is 0 Å². The van der Waals surface area contributed by atoms with E-state index in [1.165, 1.54) is 19.4 Å². The number of methoxy groups -OCH3 is 1. The number of carbonyl (C=O) groups is 1. The van der Waals surface area contributed by atoms with Gasteiger partial charge >= 0.3 is 5.97 Å². The third-order valence-corrected chi connectivity index (χ3v) is 2.32. The molecule has 0 fully saturated rings. The van der Waals surface area contributed by atoms with Gasteiger partial charge in [-0.15, -0.1) is 10.6 Å². The molecule has 0 bridgehead atoms. The van der Waals surface area contributed by atoms with Gasteiger partial charge in [0.1, 0.15) is 11.5 Å². The number of rotatable bonds is 3. The number of esters is 1. The molecule has 1 unspecified atom stereocenters. The van der Waals surface area contributed by atoms with Gasteiger partial charge in [0.25, 0.3) is 0 Å². The molecule has 0 saturated heterocycles. The van der Waals surface area contributed by atoms with Crippen LogP contribution in [-0.2, 0) is 10.5 Å². The van der Waals surface area contributed by atoms with Crippen LogP contribution in [0.4, 0.5) is 0 Å². The highest BCUT2D eigenvalue weighted by Gasteiger charge is 2.16. The van der Waals surface area contributed by atoms with E-state index in [1.54, 1.807) is 6.07 Å². The summed E-state index contributed by atoms with van der Waals surface area (Å²) in [4.78, 5) is 11.0. The molecule has 1 atom stereocenters. The lowest BCUT2D eigenvalue weighted by molar-refractivity contribution is 0.0563. The number of ether oxygens (including phenoxy) is 1. The fourth-order valence-corrected chi connectivity index (χ4v) is 1.65. The first kappa shape index (κ1) is 11.1. The average molecular weight is 221 g/mol. The molecule has 0 saturated carbocycles. The van der Waals surface area contributed by atoms with Crippen LogP contribution in [0.1, 0.15) is 16.3 Å². The van der Waals surface area contributed by atoms with E-state index < -0.39 is 16.6 Å². The van der Waals surface area contributed by atoms with E-state index in [0.717, 1.165) is 0 Å². The Hall–Kier alpha value is -0.980. The second-order valence-corrected chi connectivity index (χ2v) is 5.31. The Morgan fingerprint density at radius 1 is 1.71 bits per heavy atom. The van der Waals surface area contributed by atoms with Crippen LogP contribution in [-0.4, -0.2) is 28.4 Å². The summed E-state index contributed by atoms with van der Waals surface area (Å²) in [6.07, 6.45) is 1.42. The molecule has 0 aliphatic heterocycles. The zero-order chi connectivity index (χ0) is 10.8. The maximum atomic E-state index is 11.0. The summed E-state index contributed by atoms with van der Waals surface area (Å²) in [6.45, 7) is 0. The first-order valence-electron chi connectivity index (χ1n) is 3.82. The van der Waals surface area contributed by atoms with Crippen LogP contribution >= 0.6 is 10.6 Å². The summed E-state index contributed by atoms with van der Waals surface area (Å²) in [5.41, 5.74) is 0. The predicted molar refractivity (Wildman–Crippen MR) is 53.5 cm³/mol. The van der Waals surface area contributed by atoms with Crippen LogP contribution in [0.2, 0.25) is 0 Å². The number of furan rings is 1. The Balaban J connectivity index is 2.74. The van der Waals surface area contributed by atoms with E-state index in [0.29, 0.717) is 5.76 Å². The monoisotopic (exact) mass is 221 g/mol. The Bertz CT molecular complexity index is 325. The van der Waals surface area contributed by atoms with Crippen molar-refractivity contribution in [3.63, 3.8) is 0 Å². The first-order valence-corrected chi connectivity index (χ1v) is 5.99. The highest BCUT2D eigenvalue weighted by Crippen LogP contribution is 2.38. The van der Waals surface area contributed by atoms with Gasteiger partial charge in [0.05, 0.1) is 13.4 Å². The molecule has 0 radical (unpaired) electrons. The van der Waals surface area contributed by atoms with Gasteiger partial charge < -0.3 is 13.7 Å². The van der Waals surface area contributed by atoms with Crippen molar-refractivity contribution in [2.24, 2.45) is 0 Å². The van der Waals surface area contributed by atoms with Crippen molar-refractivity contribution in [2.75, 3.05) is 13.4 Å². The topological polar surface area (TPSA) is 82.6 Å². The Kier molecular flexibility index (Phi) is 3.20. The molecule has 1 rings (SSSR count). The van der Waals surface area contributed by atoms with Crippen LogP contribution in [0.3, 0.4) is 0 Å². The minimum atomic E-state index is -2.39. The molecule has 14 heavy (non-hydrogen) atoms. The first-order chi connectivity index (χ1) is 6.42. The maximum Gasteiger partial charge on any atom is 0.373 e. The van der Waals surface area contributed by atoms with Gasteiger partial charge in [-0.05, 0) is 12.1 Å². The summed E-state index contributed by atoms with van der Waals surface area (Å²) in [5.74, 6) is 0.0618. The molecule has 0 aromatic carbocycles. The van der Waals surface area contributed by atoms with E-state index >= 15 is 0 Å². The van der Waals surface area contributed by atoms with Crippen molar-refractivity contribution in [2.45, 2.75) is 5.75 Å². The van der Waals surface area contributed by atoms with E-state index in [2.05, 4.69) is 4.74 Å². The summed E-state index contributed by atoms with van der Waals surface area (Å²) >= 11 is 0. The lowest BCUT2D eigenvalue weighted by Crippen LogP contribution is -1.99. The normalized spacial score (nSPS) is 17.1. The van der Waals surface area contributed by atoms with E-state index in [-0.39, 0.29) is 11.5 Å². The van der Waals surface area contributed by atoms with Crippen LogP contribution in [0, 0.1) is 0 Å². The highest BCUT2D eigenvalue weighted by atomic mass is 32.3. The predicted octanol–water partition coefficient (Wildman–Crippen LogP) is 1.11. The highest BCUT2D eigenvalue weighted by molar-refractivity contribution is 8.23. The second-order valence-electron chi connectivity index (χ2n) is 2.94. The molecule has 1 aromatic rings. The second kappa shape index (κ2) is 4.04. The van der Waals surface area contributed by atoms with Crippen molar-refractivity contribution < 1.29 is 23.1 Å². The van der Waals surface area contributed by atoms with Crippen molar-refractivity contribution in [1.29, 1.82) is 0 Å². The minimum absolute atomic E-state index is 0.0890. The lowest BCUT2D eigenvalue weighted by atomic mass is 10.4. The largest absolute Gasteiger partial charge is 0.463 e. The van der Waals surface area contributed by atoms with Crippen molar-refractivity contribution in [1.82, 2.24) is 0 Å². The molecule has 1 aromatic heterocycles. The average Bonchev–Trinajstić information content (AvgIpc) is 2.48. The number of hydrogen-bond acceptors (Lipinski definition) is 4. The van der Waals surface area contributed by atoms with Gasteiger partial charge in [-0.2, -0.15) is 0 Å². The van der Waals surface area contributed by atoms with Gasteiger partial charge in [-0.3, -0.25) is 4.55 Å². The van der Waals surface area contributed by atoms with Crippen LogP contribution < -0.4 is 0 Å². The standard InChI is InChI=1S/C8H12O5S/c1-12-8(9)7-4-3-6(13-7)5-14(2,10)11/h3-4,10-11H,5H2,1-2H3/p+1. The molecule has 3 N–H and O–H groups in total. The van der Waals surface area contributed by atoms with Crippen molar-refractivity contribution >= 4 is 16.6 Å². The van der Waals surface area contributed by atoms with Gasteiger partial charge in [0.2, 0.25) is 5.76 Å². The van der Waals surface area contributed by atoms with Crippen molar-refractivity contribution in [3.8, 4) is 0 Å². The van der Waals surface area contributed by atoms with Crippen molar-refractivity contribution in [3.05, 3.63) is 23.7 Å². The van der Waals surface area contributed by atoms with Gasteiger partial charge in [0.15, 0.2) is 0 Å². The van der Waals surface area contributed by atoms with Gasteiger partial charge in [0, 0.05) is 0 Å². The molecule has 0 aliphatic rings. The van der Waals surface area contributed by atoms with Crippen LogP contribution in [0.15, 0.2) is 16.5 Å². The molecule has 1 heterocycles. The minimum Gasteiger partial charge on any atom is -0.463 e. The van der Waals surface area contributed by atoms with Gasteiger partial charge in [-0.25, -0.2) is 4.79 Å². The Labute approximate surface area is 83.0 Å². The fourth-order valence-electron chi connectivity index (χ4n) is 0.943. The maximum absolute atomic E-state index is 11.0. The molecule has 6 heteroatoms. The third-order valence-electron chi connectivity index (χ3n) is 1.47. The summed E-state index contributed by atoms with van der Waals surface area (Å²) in [7, 11) is -1.13. The molecule has 0 aliphatic carbocycles. The Morgan fingerprint density at radius 3 is 2.86 bits per heavy atom. The molecular weight excluding hydrogens is 208 g/mol. The third kappa shape index (κ3) is 3.06. The summed E-state index contributed by atoms with van der Waals surface area (Å²) in [5, 5.41) is 0. The molecule has 0 amide bonds. The fraction of sp³-hybridized carbons (Fsp3) is 0.375. The summed E-state index contributed by atoms with van der Waals surface area (Å²) < 4.78 is 26.1. The zero-order valence-corrected chi connectivity index (χ0v) is 8.76. The molecule has 5 nitrogen and oxygen atoms in total.